The van der Waals surface area contributed by atoms with E-state index < -0.39 is 5.41 Å². The zero-order valence-electron chi connectivity index (χ0n) is 15.3. The molecule has 2 aliphatic rings. The fourth-order valence-electron chi connectivity index (χ4n) is 4.95. The van der Waals surface area contributed by atoms with E-state index in [1.54, 1.807) is 24.3 Å². The van der Waals surface area contributed by atoms with Gasteiger partial charge in [-0.15, -0.1) is 4.91 Å². The summed E-state index contributed by atoms with van der Waals surface area (Å²) in [7, 11) is 0. The van der Waals surface area contributed by atoms with Crippen molar-refractivity contribution in [2.24, 2.45) is 5.18 Å². The van der Waals surface area contributed by atoms with Gasteiger partial charge in [0.15, 0.2) is 0 Å². The number of hydrogen-bond donors (Lipinski definition) is 1. The van der Waals surface area contributed by atoms with Crippen molar-refractivity contribution in [3.8, 4) is 28.4 Å². The van der Waals surface area contributed by atoms with Crippen molar-refractivity contribution in [3.05, 3.63) is 112 Å². The average Bonchev–Trinajstić information content (AvgIpc) is 3.05. The van der Waals surface area contributed by atoms with Crippen LogP contribution in [0.3, 0.4) is 0 Å². The van der Waals surface area contributed by atoms with Crippen LogP contribution in [0.1, 0.15) is 22.3 Å². The highest BCUT2D eigenvalue weighted by atomic mass is 16.5. The predicted molar refractivity (Wildman–Crippen MR) is 111 cm³/mol. The second kappa shape index (κ2) is 5.55. The van der Waals surface area contributed by atoms with E-state index in [-0.39, 0.29) is 5.75 Å². The normalized spacial score (nSPS) is 14.3. The maximum Gasteiger partial charge on any atom is 0.135 e. The Balaban J connectivity index is 1.82. The number of rotatable bonds is 1. The third kappa shape index (κ3) is 1.93. The summed E-state index contributed by atoms with van der Waals surface area (Å²) in [6, 6.07) is 27.3. The molecule has 138 valence electrons. The summed E-state index contributed by atoms with van der Waals surface area (Å²) in [6.07, 6.45) is 0. The molecule has 0 bridgehead atoms. The first-order valence-corrected chi connectivity index (χ1v) is 9.42. The van der Waals surface area contributed by atoms with E-state index in [9.17, 15) is 10.0 Å². The summed E-state index contributed by atoms with van der Waals surface area (Å²) in [4.78, 5) is 11.2. The molecule has 1 N–H and O–H groups in total. The van der Waals surface area contributed by atoms with Gasteiger partial charge in [-0.2, -0.15) is 0 Å². The zero-order valence-corrected chi connectivity index (χ0v) is 15.3. The molecule has 0 radical (unpaired) electrons. The molecule has 1 heterocycles. The van der Waals surface area contributed by atoms with Crippen LogP contribution in [0.5, 0.6) is 17.2 Å². The smallest absolute Gasteiger partial charge is 0.135 e. The molecular formula is C25H15NO3. The summed E-state index contributed by atoms with van der Waals surface area (Å²) >= 11 is 0. The second-order valence-corrected chi connectivity index (χ2v) is 7.40. The zero-order chi connectivity index (χ0) is 19.6. The summed E-state index contributed by atoms with van der Waals surface area (Å²) in [6.45, 7) is 0. The summed E-state index contributed by atoms with van der Waals surface area (Å²) in [5, 5.41) is 13.2. The van der Waals surface area contributed by atoms with Crippen molar-refractivity contribution < 1.29 is 9.84 Å². The highest BCUT2D eigenvalue weighted by molar-refractivity contribution is 5.88. The number of hydrogen-bond acceptors (Lipinski definition) is 4. The first kappa shape index (κ1) is 16.1. The van der Waals surface area contributed by atoms with Crippen LogP contribution < -0.4 is 4.74 Å². The maximum absolute atomic E-state index is 11.2. The van der Waals surface area contributed by atoms with Gasteiger partial charge in [0.05, 0.1) is 5.41 Å². The minimum atomic E-state index is -0.592. The SMILES string of the molecule is O=Nc1ccc2c(c1)Oc1cc(O)ccc1C21c2ccccc2-c2ccccc21. The Morgan fingerprint density at radius 1 is 0.690 bits per heavy atom. The molecule has 4 heteroatoms. The van der Waals surface area contributed by atoms with Gasteiger partial charge in [0.1, 0.15) is 22.9 Å². The third-order valence-electron chi connectivity index (χ3n) is 6.02. The minimum Gasteiger partial charge on any atom is -0.508 e. The Labute approximate surface area is 167 Å². The molecule has 29 heavy (non-hydrogen) atoms. The third-order valence-corrected chi connectivity index (χ3v) is 6.02. The van der Waals surface area contributed by atoms with E-state index in [1.165, 1.54) is 11.1 Å². The van der Waals surface area contributed by atoms with Gasteiger partial charge in [0.25, 0.3) is 0 Å². The van der Waals surface area contributed by atoms with Crippen LogP contribution in [-0.2, 0) is 5.41 Å². The van der Waals surface area contributed by atoms with Crippen molar-refractivity contribution >= 4 is 5.69 Å². The van der Waals surface area contributed by atoms with Gasteiger partial charge in [0, 0.05) is 23.3 Å². The molecule has 0 aromatic heterocycles. The fourth-order valence-corrected chi connectivity index (χ4v) is 4.95. The monoisotopic (exact) mass is 377 g/mol. The number of phenols is 1. The van der Waals surface area contributed by atoms with E-state index in [0.717, 1.165) is 22.3 Å². The van der Waals surface area contributed by atoms with Gasteiger partial charge in [-0.05, 0) is 39.6 Å². The topological polar surface area (TPSA) is 58.9 Å². The molecule has 0 fully saturated rings. The first-order chi connectivity index (χ1) is 14.2. The Bertz CT molecular complexity index is 1280. The fraction of sp³-hybridized carbons (Fsp3) is 0.0400. The standard InChI is InChI=1S/C25H15NO3/c27-16-10-12-22-24(14-16)29-23-13-15(26-28)9-11-21(23)25(22)19-7-3-1-5-17(19)18-6-2-4-8-20(18)25/h1-14,27H. The van der Waals surface area contributed by atoms with Crippen molar-refractivity contribution in [2.45, 2.75) is 5.41 Å². The van der Waals surface area contributed by atoms with Crippen LogP contribution in [0.2, 0.25) is 0 Å². The molecule has 0 saturated carbocycles. The molecule has 4 aromatic carbocycles. The number of fused-ring (bicyclic) bond motifs is 9. The number of phenolic OH excluding ortho intramolecular Hbond substituents is 1. The molecule has 1 aliphatic heterocycles. The lowest BCUT2D eigenvalue weighted by Crippen LogP contribution is -2.32. The number of benzene rings is 4. The van der Waals surface area contributed by atoms with Gasteiger partial charge in [-0.25, -0.2) is 0 Å². The first-order valence-electron chi connectivity index (χ1n) is 9.42. The number of nitrogens with zero attached hydrogens (tertiary/aromatic N) is 1. The molecule has 4 aromatic rings. The summed E-state index contributed by atoms with van der Waals surface area (Å²) in [5.74, 6) is 1.28. The largest absolute Gasteiger partial charge is 0.508 e. The molecule has 0 unspecified atom stereocenters. The number of aromatic hydroxyl groups is 1. The Kier molecular flexibility index (Phi) is 3.08. The Morgan fingerprint density at radius 3 is 1.93 bits per heavy atom. The van der Waals surface area contributed by atoms with Crippen LogP contribution in [0.15, 0.2) is 90.1 Å². The number of nitroso groups, excluding NO2 is 1. The average molecular weight is 377 g/mol. The molecule has 4 nitrogen and oxygen atoms in total. The van der Waals surface area contributed by atoms with E-state index >= 15 is 0 Å². The van der Waals surface area contributed by atoms with Crippen LogP contribution in [0.4, 0.5) is 5.69 Å². The van der Waals surface area contributed by atoms with Gasteiger partial charge < -0.3 is 9.84 Å². The van der Waals surface area contributed by atoms with Crippen LogP contribution >= 0.6 is 0 Å². The van der Waals surface area contributed by atoms with Crippen molar-refractivity contribution in [1.29, 1.82) is 0 Å². The predicted octanol–water partition coefficient (Wildman–Crippen LogP) is 6.26. The van der Waals surface area contributed by atoms with E-state index in [0.29, 0.717) is 17.2 Å². The lowest BCUT2D eigenvalue weighted by molar-refractivity contribution is 0.425. The van der Waals surface area contributed by atoms with Gasteiger partial charge in [-0.3, -0.25) is 0 Å². The van der Waals surface area contributed by atoms with Crippen molar-refractivity contribution in [2.75, 3.05) is 0 Å². The highest BCUT2D eigenvalue weighted by Crippen LogP contribution is 2.62. The quantitative estimate of drug-likeness (QED) is 0.344. The lowest BCUT2D eigenvalue weighted by Gasteiger charge is -2.39. The van der Waals surface area contributed by atoms with Gasteiger partial charge in [-0.1, -0.05) is 60.7 Å². The van der Waals surface area contributed by atoms with Gasteiger partial charge >= 0.3 is 0 Å². The molecule has 6 rings (SSSR count). The lowest BCUT2D eigenvalue weighted by atomic mass is 9.66. The molecular weight excluding hydrogens is 362 g/mol. The minimum absolute atomic E-state index is 0.131. The van der Waals surface area contributed by atoms with Crippen LogP contribution in [-0.4, -0.2) is 5.11 Å². The van der Waals surface area contributed by atoms with Crippen LogP contribution in [0.25, 0.3) is 11.1 Å². The molecule has 0 saturated heterocycles. The van der Waals surface area contributed by atoms with E-state index in [2.05, 4.69) is 29.4 Å². The van der Waals surface area contributed by atoms with Crippen LogP contribution in [0, 0.1) is 4.91 Å². The van der Waals surface area contributed by atoms with Crippen molar-refractivity contribution in [1.82, 2.24) is 0 Å². The summed E-state index contributed by atoms with van der Waals surface area (Å²) < 4.78 is 6.16. The molecule has 1 spiro atoms. The highest BCUT2D eigenvalue weighted by Gasteiger charge is 2.51. The molecule has 1 aliphatic carbocycles. The van der Waals surface area contributed by atoms with E-state index in [4.69, 9.17) is 4.74 Å². The number of ether oxygens (including phenoxy) is 1. The molecule has 0 amide bonds. The molecule has 0 atom stereocenters. The maximum atomic E-state index is 11.2. The Morgan fingerprint density at radius 2 is 1.28 bits per heavy atom. The van der Waals surface area contributed by atoms with Crippen molar-refractivity contribution in [3.63, 3.8) is 0 Å². The second-order valence-electron chi connectivity index (χ2n) is 7.40. The Hall–Kier alpha value is -3.92. The summed E-state index contributed by atoms with van der Waals surface area (Å²) in [5.41, 5.74) is 6.30. The van der Waals surface area contributed by atoms with Gasteiger partial charge in [0.2, 0.25) is 0 Å². The van der Waals surface area contributed by atoms with E-state index in [1.807, 2.05) is 36.4 Å².